The third kappa shape index (κ3) is 2.23. The maximum absolute atomic E-state index is 8.53. The minimum Gasteiger partial charge on any atom is -0.396 e. The van der Waals surface area contributed by atoms with E-state index in [0.717, 1.165) is 6.42 Å². The number of aliphatic hydroxyl groups excluding tert-OH is 1. The van der Waals surface area contributed by atoms with Gasteiger partial charge in [-0.25, -0.2) is 0 Å². The van der Waals surface area contributed by atoms with Crippen LogP contribution in [0.15, 0.2) is 0 Å². The van der Waals surface area contributed by atoms with Gasteiger partial charge in [-0.3, -0.25) is 0 Å². The maximum atomic E-state index is 8.53. The van der Waals surface area contributed by atoms with E-state index < -0.39 is 0 Å². The molecule has 0 saturated carbocycles. The van der Waals surface area contributed by atoms with Crippen LogP contribution in [0.4, 0.5) is 0 Å². The first-order valence-corrected chi connectivity index (χ1v) is 3.03. The van der Waals surface area contributed by atoms with Gasteiger partial charge in [0, 0.05) is 5.92 Å². The Morgan fingerprint density at radius 3 is 2.38 bits per heavy atom. The Balaban J connectivity index is 3.52. The first-order valence-electron chi connectivity index (χ1n) is 2.62. The predicted molar refractivity (Wildman–Crippen MR) is 37.7 cm³/mol. The lowest BCUT2D eigenvalue weighted by Crippen LogP contribution is -2.23. The zero-order valence-electron chi connectivity index (χ0n) is 4.92. The van der Waals surface area contributed by atoms with Crippen LogP contribution >= 0.6 is 12.2 Å². The number of hydrogen-bond acceptors (Lipinski definition) is 2. The second-order valence-corrected chi connectivity index (χ2v) is 2.16. The molecule has 0 bridgehead atoms. The summed E-state index contributed by atoms with van der Waals surface area (Å²) < 4.78 is 0. The summed E-state index contributed by atoms with van der Waals surface area (Å²) in [6.45, 7) is 2.02. The molecule has 0 aliphatic carbocycles. The van der Waals surface area contributed by atoms with Crippen LogP contribution in [-0.4, -0.2) is 16.7 Å². The smallest absolute Gasteiger partial charge is 0.0781 e. The van der Waals surface area contributed by atoms with Gasteiger partial charge in [-0.15, -0.1) is 0 Å². The molecule has 0 rings (SSSR count). The summed E-state index contributed by atoms with van der Waals surface area (Å²) in [6.07, 6.45) is 0.825. The molecule has 0 saturated heterocycles. The second kappa shape index (κ2) is 3.80. The average Bonchev–Trinajstić information content (AvgIpc) is 1.69. The molecule has 0 heterocycles. The molecule has 0 aromatic heterocycles. The van der Waals surface area contributed by atoms with Crippen LogP contribution in [0.5, 0.6) is 0 Å². The van der Waals surface area contributed by atoms with Crippen molar-refractivity contribution in [2.24, 2.45) is 11.7 Å². The molecule has 1 atom stereocenters. The minimum atomic E-state index is 0.0185. The highest BCUT2D eigenvalue weighted by Gasteiger charge is 2.05. The standard InChI is InChI=1S/C5H11NOS/c1-2-4(3-7)5(6)8/h4,7H,2-3H2,1H3,(H2,6,8). The molecule has 0 spiro atoms. The number of thiocarbonyl (C=S) groups is 1. The van der Waals surface area contributed by atoms with Crippen LogP contribution in [0, 0.1) is 5.92 Å². The van der Waals surface area contributed by atoms with E-state index in [9.17, 15) is 0 Å². The van der Waals surface area contributed by atoms with E-state index >= 15 is 0 Å². The maximum Gasteiger partial charge on any atom is 0.0781 e. The van der Waals surface area contributed by atoms with Gasteiger partial charge in [0.15, 0.2) is 0 Å². The molecule has 0 aromatic rings. The Morgan fingerprint density at radius 2 is 2.38 bits per heavy atom. The van der Waals surface area contributed by atoms with Gasteiger partial charge in [-0.05, 0) is 6.42 Å². The van der Waals surface area contributed by atoms with E-state index in [1.165, 1.54) is 0 Å². The van der Waals surface area contributed by atoms with Crippen LogP contribution in [-0.2, 0) is 0 Å². The van der Waals surface area contributed by atoms with E-state index in [1.807, 2.05) is 6.92 Å². The molecule has 3 heteroatoms. The van der Waals surface area contributed by atoms with E-state index in [0.29, 0.717) is 4.99 Å². The first-order chi connectivity index (χ1) is 3.72. The quantitative estimate of drug-likeness (QED) is 0.544. The van der Waals surface area contributed by atoms with Gasteiger partial charge in [0.05, 0.1) is 11.6 Å². The summed E-state index contributed by atoms with van der Waals surface area (Å²) in [5, 5.41) is 8.53. The monoisotopic (exact) mass is 133 g/mol. The Hall–Kier alpha value is -0.150. The van der Waals surface area contributed by atoms with E-state index in [-0.39, 0.29) is 12.5 Å². The van der Waals surface area contributed by atoms with Crippen LogP contribution in [0.25, 0.3) is 0 Å². The molecular weight excluding hydrogens is 122 g/mol. The topological polar surface area (TPSA) is 46.2 Å². The van der Waals surface area contributed by atoms with Crippen LogP contribution in [0.3, 0.4) is 0 Å². The van der Waals surface area contributed by atoms with Crippen molar-refractivity contribution in [3.63, 3.8) is 0 Å². The molecule has 0 fully saturated rings. The van der Waals surface area contributed by atoms with Crippen LogP contribution < -0.4 is 5.73 Å². The minimum absolute atomic E-state index is 0.0185. The number of aliphatic hydroxyl groups is 1. The van der Waals surface area contributed by atoms with Crippen molar-refractivity contribution < 1.29 is 5.11 Å². The molecule has 0 aromatic carbocycles. The van der Waals surface area contributed by atoms with Gasteiger partial charge in [0.1, 0.15) is 0 Å². The van der Waals surface area contributed by atoms with Gasteiger partial charge < -0.3 is 10.8 Å². The highest BCUT2D eigenvalue weighted by molar-refractivity contribution is 7.80. The van der Waals surface area contributed by atoms with Gasteiger partial charge in [0.2, 0.25) is 0 Å². The summed E-state index contributed by atoms with van der Waals surface area (Å²) >= 11 is 4.63. The normalized spacial score (nSPS) is 13.2. The molecule has 2 nitrogen and oxygen atoms in total. The summed E-state index contributed by atoms with van der Waals surface area (Å²) in [7, 11) is 0. The van der Waals surface area contributed by atoms with Crippen LogP contribution in [0.2, 0.25) is 0 Å². The van der Waals surface area contributed by atoms with Crippen molar-refractivity contribution in [3.05, 3.63) is 0 Å². The van der Waals surface area contributed by atoms with Crippen molar-refractivity contribution in [1.82, 2.24) is 0 Å². The fourth-order valence-corrected chi connectivity index (χ4v) is 0.661. The summed E-state index contributed by atoms with van der Waals surface area (Å²) in [5.74, 6) is 0.0185. The Labute approximate surface area is 54.7 Å². The molecule has 0 aliphatic rings. The van der Waals surface area contributed by atoms with E-state index in [2.05, 4.69) is 12.2 Å². The zero-order valence-corrected chi connectivity index (χ0v) is 5.74. The molecule has 0 radical (unpaired) electrons. The molecule has 1 unspecified atom stereocenters. The summed E-state index contributed by atoms with van der Waals surface area (Å²) in [4.78, 5) is 0.412. The Morgan fingerprint density at radius 1 is 1.88 bits per heavy atom. The molecular formula is C5H11NOS. The number of rotatable bonds is 3. The Kier molecular flexibility index (Phi) is 3.73. The number of hydrogen-bond donors (Lipinski definition) is 2. The predicted octanol–water partition coefficient (Wildman–Crippen LogP) is 0.291. The number of nitrogens with two attached hydrogens (primary N) is 1. The molecule has 48 valence electrons. The zero-order chi connectivity index (χ0) is 6.57. The van der Waals surface area contributed by atoms with Gasteiger partial charge in [0.25, 0.3) is 0 Å². The largest absolute Gasteiger partial charge is 0.396 e. The fourth-order valence-electron chi connectivity index (χ4n) is 0.420. The lowest BCUT2D eigenvalue weighted by Gasteiger charge is -2.06. The highest BCUT2D eigenvalue weighted by atomic mass is 32.1. The summed E-state index contributed by atoms with van der Waals surface area (Å²) in [5.41, 5.74) is 5.23. The first kappa shape index (κ1) is 7.85. The molecule has 0 amide bonds. The fraction of sp³-hybridized carbons (Fsp3) is 0.800. The SMILES string of the molecule is CCC(CO)C(N)=S. The average molecular weight is 133 g/mol. The van der Waals surface area contributed by atoms with Crippen LogP contribution in [0.1, 0.15) is 13.3 Å². The third-order valence-electron chi connectivity index (χ3n) is 1.12. The molecule has 0 aliphatic heterocycles. The van der Waals surface area contributed by atoms with Crippen molar-refractivity contribution in [2.75, 3.05) is 6.61 Å². The van der Waals surface area contributed by atoms with E-state index in [1.54, 1.807) is 0 Å². The summed E-state index contributed by atoms with van der Waals surface area (Å²) in [6, 6.07) is 0. The van der Waals surface area contributed by atoms with Crippen molar-refractivity contribution in [2.45, 2.75) is 13.3 Å². The van der Waals surface area contributed by atoms with E-state index in [4.69, 9.17) is 10.8 Å². The van der Waals surface area contributed by atoms with Gasteiger partial charge in [-0.1, -0.05) is 19.1 Å². The molecule has 3 N–H and O–H groups in total. The highest BCUT2D eigenvalue weighted by Crippen LogP contribution is 1.99. The lowest BCUT2D eigenvalue weighted by molar-refractivity contribution is 0.259. The molecule has 8 heavy (non-hydrogen) atoms. The van der Waals surface area contributed by atoms with Gasteiger partial charge >= 0.3 is 0 Å². The second-order valence-electron chi connectivity index (χ2n) is 1.69. The van der Waals surface area contributed by atoms with Gasteiger partial charge in [-0.2, -0.15) is 0 Å². The van der Waals surface area contributed by atoms with Crippen molar-refractivity contribution >= 4 is 17.2 Å². The van der Waals surface area contributed by atoms with Crippen molar-refractivity contribution in [1.29, 1.82) is 0 Å². The Bertz CT molecular complexity index is 80.5. The lowest BCUT2D eigenvalue weighted by atomic mass is 10.1. The van der Waals surface area contributed by atoms with Crippen molar-refractivity contribution in [3.8, 4) is 0 Å². The third-order valence-corrected chi connectivity index (χ3v) is 1.45.